The van der Waals surface area contributed by atoms with E-state index in [0.717, 1.165) is 4.68 Å². The van der Waals surface area contributed by atoms with Crippen LogP contribution in [0.3, 0.4) is 0 Å². The normalized spacial score (nSPS) is 10.7. The quantitative estimate of drug-likeness (QED) is 0.552. The fourth-order valence-electron chi connectivity index (χ4n) is 2.64. The number of furan rings is 1. The molecule has 0 atom stereocenters. The van der Waals surface area contributed by atoms with Gasteiger partial charge in [0.05, 0.1) is 6.26 Å². The highest BCUT2D eigenvalue weighted by atomic mass is 16.3. The van der Waals surface area contributed by atoms with E-state index in [4.69, 9.17) is 4.42 Å². The number of fused-ring (bicyclic) bond motifs is 1. The van der Waals surface area contributed by atoms with Gasteiger partial charge in [-0.05, 0) is 48.5 Å². The van der Waals surface area contributed by atoms with E-state index in [9.17, 15) is 14.4 Å². The molecule has 1 aromatic carbocycles. The molecule has 0 unspecified atom stereocenters. The van der Waals surface area contributed by atoms with Crippen molar-refractivity contribution in [3.8, 4) is 0 Å². The molecule has 0 radical (unpaired) electrons. The lowest BCUT2D eigenvalue weighted by Gasteiger charge is -2.07. The third-order valence-electron chi connectivity index (χ3n) is 3.95. The fourth-order valence-corrected chi connectivity index (χ4v) is 2.64. The molecule has 2 N–H and O–H groups in total. The minimum Gasteiger partial charge on any atom is -0.459 e. The van der Waals surface area contributed by atoms with Gasteiger partial charge in [-0.1, -0.05) is 6.07 Å². The van der Waals surface area contributed by atoms with Crippen LogP contribution in [-0.4, -0.2) is 26.0 Å². The highest BCUT2D eigenvalue weighted by Gasteiger charge is 2.11. The Morgan fingerprint density at radius 2 is 1.71 bits per heavy atom. The van der Waals surface area contributed by atoms with E-state index in [-0.39, 0.29) is 23.9 Å². The Balaban J connectivity index is 1.39. The summed E-state index contributed by atoms with van der Waals surface area (Å²) in [5.74, 6) is -0.554. The first kappa shape index (κ1) is 17.3. The topological polar surface area (TPSA) is 111 Å². The van der Waals surface area contributed by atoms with Gasteiger partial charge in [0, 0.05) is 17.6 Å². The second-order valence-electron chi connectivity index (χ2n) is 5.93. The summed E-state index contributed by atoms with van der Waals surface area (Å²) >= 11 is 0. The van der Waals surface area contributed by atoms with Gasteiger partial charge in [0.1, 0.15) is 6.54 Å². The van der Waals surface area contributed by atoms with Gasteiger partial charge in [-0.15, -0.1) is 5.10 Å². The molecule has 4 rings (SSSR count). The summed E-state index contributed by atoms with van der Waals surface area (Å²) in [4.78, 5) is 36.4. The van der Waals surface area contributed by atoms with Crippen molar-refractivity contribution in [2.45, 2.75) is 6.54 Å². The summed E-state index contributed by atoms with van der Waals surface area (Å²) in [6.07, 6.45) is 3.01. The molecule has 9 nitrogen and oxygen atoms in total. The Bertz CT molecular complexity index is 1190. The van der Waals surface area contributed by atoms with Crippen molar-refractivity contribution in [1.29, 1.82) is 0 Å². The number of pyridine rings is 1. The summed E-state index contributed by atoms with van der Waals surface area (Å²) in [7, 11) is 0. The highest BCUT2D eigenvalue weighted by Crippen LogP contribution is 2.15. The van der Waals surface area contributed by atoms with E-state index >= 15 is 0 Å². The first-order valence-corrected chi connectivity index (χ1v) is 8.39. The lowest BCUT2D eigenvalue weighted by molar-refractivity contribution is -0.117. The number of hydrogen-bond acceptors (Lipinski definition) is 5. The van der Waals surface area contributed by atoms with Crippen molar-refractivity contribution in [3.05, 3.63) is 83.3 Å². The molecule has 0 aliphatic carbocycles. The van der Waals surface area contributed by atoms with Gasteiger partial charge < -0.3 is 15.1 Å². The predicted octanol–water partition coefficient (Wildman–Crippen LogP) is 1.98. The highest BCUT2D eigenvalue weighted by molar-refractivity contribution is 6.02. The molecule has 28 heavy (non-hydrogen) atoms. The number of nitrogens with zero attached hydrogens (tertiary/aromatic N) is 3. The second kappa shape index (κ2) is 7.23. The summed E-state index contributed by atoms with van der Waals surface area (Å²) in [6.45, 7) is -0.211. The maximum absolute atomic E-state index is 12.2. The first-order valence-electron chi connectivity index (χ1n) is 8.39. The van der Waals surface area contributed by atoms with Crippen LogP contribution in [0.2, 0.25) is 0 Å². The van der Waals surface area contributed by atoms with Gasteiger partial charge in [0.15, 0.2) is 11.4 Å². The third-order valence-corrected chi connectivity index (χ3v) is 3.95. The monoisotopic (exact) mass is 377 g/mol. The van der Waals surface area contributed by atoms with Gasteiger partial charge in [0.25, 0.3) is 5.91 Å². The fraction of sp³-hybridized carbons (Fsp3) is 0.0526. The lowest BCUT2D eigenvalue weighted by atomic mass is 10.2. The molecule has 0 aliphatic rings. The number of aromatic nitrogens is 3. The summed E-state index contributed by atoms with van der Waals surface area (Å²) in [6, 6.07) is 14.9. The molecule has 140 valence electrons. The van der Waals surface area contributed by atoms with Gasteiger partial charge in [-0.2, -0.15) is 0 Å². The number of rotatable bonds is 5. The Morgan fingerprint density at radius 1 is 0.964 bits per heavy atom. The number of anilines is 2. The van der Waals surface area contributed by atoms with Crippen molar-refractivity contribution in [3.63, 3.8) is 0 Å². The number of hydrogen-bond donors (Lipinski definition) is 2. The average molecular weight is 377 g/mol. The van der Waals surface area contributed by atoms with Crippen LogP contribution in [0.15, 0.2) is 76.3 Å². The Morgan fingerprint density at radius 3 is 2.39 bits per heavy atom. The molecule has 3 aromatic heterocycles. The Labute approximate surface area is 158 Å². The van der Waals surface area contributed by atoms with E-state index in [1.807, 2.05) is 0 Å². The van der Waals surface area contributed by atoms with E-state index in [1.165, 1.54) is 10.7 Å². The molecular formula is C19H15N5O4. The minimum absolute atomic E-state index is 0.204. The molecule has 0 saturated carbocycles. The zero-order valence-electron chi connectivity index (χ0n) is 14.5. The zero-order valence-corrected chi connectivity index (χ0v) is 14.5. The number of amides is 2. The summed E-state index contributed by atoms with van der Waals surface area (Å²) in [5, 5.41) is 9.49. The average Bonchev–Trinajstić information content (AvgIpc) is 3.33. The van der Waals surface area contributed by atoms with Gasteiger partial charge in [-0.3, -0.25) is 14.0 Å². The maximum Gasteiger partial charge on any atom is 0.350 e. The number of nitrogens with one attached hydrogen (secondary N) is 2. The van der Waals surface area contributed by atoms with Crippen molar-refractivity contribution in [2.24, 2.45) is 0 Å². The number of carbonyl (C=O) groups is 2. The van der Waals surface area contributed by atoms with E-state index < -0.39 is 5.91 Å². The van der Waals surface area contributed by atoms with Crippen LogP contribution in [0.1, 0.15) is 10.6 Å². The van der Waals surface area contributed by atoms with Crippen LogP contribution < -0.4 is 16.3 Å². The van der Waals surface area contributed by atoms with Crippen molar-refractivity contribution in [2.75, 3.05) is 10.6 Å². The van der Waals surface area contributed by atoms with Gasteiger partial charge in [0.2, 0.25) is 5.91 Å². The van der Waals surface area contributed by atoms with Crippen LogP contribution in [0, 0.1) is 0 Å². The maximum atomic E-state index is 12.2. The summed E-state index contributed by atoms with van der Waals surface area (Å²) in [5.41, 5.74) is 1.16. The Kier molecular flexibility index (Phi) is 4.47. The predicted molar refractivity (Wildman–Crippen MR) is 101 cm³/mol. The molecule has 0 bridgehead atoms. The smallest absolute Gasteiger partial charge is 0.350 e. The largest absolute Gasteiger partial charge is 0.459 e. The molecule has 2 amide bonds. The van der Waals surface area contributed by atoms with Crippen LogP contribution >= 0.6 is 0 Å². The molecule has 9 heteroatoms. The molecule has 0 aliphatic heterocycles. The van der Waals surface area contributed by atoms with Crippen molar-refractivity contribution < 1.29 is 14.0 Å². The number of benzene rings is 1. The van der Waals surface area contributed by atoms with Crippen LogP contribution in [-0.2, 0) is 11.3 Å². The number of carbonyl (C=O) groups excluding carboxylic acids is 2. The van der Waals surface area contributed by atoms with Gasteiger partial charge >= 0.3 is 5.69 Å². The van der Waals surface area contributed by atoms with Crippen LogP contribution in [0.4, 0.5) is 11.4 Å². The van der Waals surface area contributed by atoms with Crippen molar-refractivity contribution in [1.82, 2.24) is 14.2 Å². The molecule has 0 saturated heterocycles. The zero-order chi connectivity index (χ0) is 19.5. The minimum atomic E-state index is -0.391. The molecule has 4 aromatic rings. The van der Waals surface area contributed by atoms with Crippen LogP contribution in [0.25, 0.3) is 5.65 Å². The second-order valence-corrected chi connectivity index (χ2v) is 5.93. The standard InChI is InChI=1S/C19H15N5O4/c25-17(12-24-19(27)23-10-2-1-5-16(23)22-24)20-13-6-8-14(9-7-13)21-18(26)15-4-3-11-28-15/h1-11H,12H2,(H,20,25)(H,21,26). The third kappa shape index (κ3) is 3.54. The van der Waals surface area contributed by atoms with Crippen LogP contribution in [0.5, 0.6) is 0 Å². The summed E-state index contributed by atoms with van der Waals surface area (Å²) < 4.78 is 7.49. The lowest BCUT2D eigenvalue weighted by Crippen LogP contribution is -2.28. The van der Waals surface area contributed by atoms with Crippen molar-refractivity contribution >= 4 is 28.8 Å². The van der Waals surface area contributed by atoms with Gasteiger partial charge in [-0.25, -0.2) is 9.48 Å². The van der Waals surface area contributed by atoms with E-state index in [1.54, 1.807) is 60.8 Å². The van der Waals surface area contributed by atoms with E-state index in [2.05, 4.69) is 15.7 Å². The van der Waals surface area contributed by atoms with E-state index in [0.29, 0.717) is 17.0 Å². The SMILES string of the molecule is O=C(Cn1nc2ccccn2c1=O)Nc1ccc(NC(=O)c2ccco2)cc1. The molecular weight excluding hydrogens is 362 g/mol. The molecule has 3 heterocycles. The Hall–Kier alpha value is -4.14. The molecule has 0 fully saturated rings. The molecule has 0 spiro atoms. The first-order chi connectivity index (χ1) is 13.6.